The third kappa shape index (κ3) is 3.47. The van der Waals surface area contributed by atoms with Crippen LogP contribution in [0.3, 0.4) is 0 Å². The summed E-state index contributed by atoms with van der Waals surface area (Å²) in [5.41, 5.74) is 4.90. The van der Waals surface area contributed by atoms with Crippen molar-refractivity contribution < 1.29 is 9.59 Å². The van der Waals surface area contributed by atoms with Gasteiger partial charge in [0.15, 0.2) is 5.78 Å². The second-order valence-corrected chi connectivity index (χ2v) is 3.65. The minimum atomic E-state index is -0.789. The SMILES string of the molecule is CCC(C(=N)C(=O)CCn1cnnc1)C(N)=O. The van der Waals surface area contributed by atoms with Gasteiger partial charge in [0.1, 0.15) is 12.7 Å². The van der Waals surface area contributed by atoms with E-state index in [9.17, 15) is 9.59 Å². The largest absolute Gasteiger partial charge is 0.369 e. The highest BCUT2D eigenvalue weighted by molar-refractivity contribution is 6.42. The van der Waals surface area contributed by atoms with Gasteiger partial charge >= 0.3 is 0 Å². The number of aromatic nitrogens is 3. The summed E-state index contributed by atoms with van der Waals surface area (Å²) >= 11 is 0. The number of amides is 1. The predicted molar refractivity (Wildman–Crippen MR) is 60.3 cm³/mol. The van der Waals surface area contributed by atoms with Crippen molar-refractivity contribution in [1.82, 2.24) is 14.8 Å². The van der Waals surface area contributed by atoms with Crippen LogP contribution in [-0.4, -0.2) is 32.2 Å². The molecule has 0 aliphatic heterocycles. The van der Waals surface area contributed by atoms with Crippen molar-refractivity contribution in [2.45, 2.75) is 26.3 Å². The van der Waals surface area contributed by atoms with Crippen molar-refractivity contribution in [2.75, 3.05) is 0 Å². The van der Waals surface area contributed by atoms with Gasteiger partial charge in [-0.05, 0) is 6.42 Å². The van der Waals surface area contributed by atoms with E-state index < -0.39 is 11.8 Å². The lowest BCUT2D eigenvalue weighted by Gasteiger charge is -2.11. The van der Waals surface area contributed by atoms with E-state index in [0.717, 1.165) is 0 Å². The summed E-state index contributed by atoms with van der Waals surface area (Å²) in [6.45, 7) is 2.11. The van der Waals surface area contributed by atoms with Gasteiger partial charge < -0.3 is 15.7 Å². The number of ketones is 1. The van der Waals surface area contributed by atoms with E-state index >= 15 is 0 Å². The van der Waals surface area contributed by atoms with E-state index in [-0.39, 0.29) is 17.9 Å². The number of nitrogens with one attached hydrogen (secondary N) is 1. The molecule has 0 aromatic carbocycles. The molecule has 7 heteroatoms. The Hall–Kier alpha value is -2.05. The molecular formula is C10H15N5O2. The lowest BCUT2D eigenvalue weighted by Crippen LogP contribution is -2.34. The third-order valence-corrected chi connectivity index (χ3v) is 2.46. The van der Waals surface area contributed by atoms with Gasteiger partial charge in [0.05, 0.1) is 11.6 Å². The maximum atomic E-state index is 11.7. The molecular weight excluding hydrogens is 222 g/mol. The third-order valence-electron chi connectivity index (χ3n) is 2.46. The van der Waals surface area contributed by atoms with Gasteiger partial charge in [0.2, 0.25) is 5.91 Å². The quantitative estimate of drug-likeness (QED) is 0.637. The highest BCUT2D eigenvalue weighted by Crippen LogP contribution is 2.06. The molecule has 0 radical (unpaired) electrons. The summed E-state index contributed by atoms with van der Waals surface area (Å²) in [6, 6.07) is 0. The summed E-state index contributed by atoms with van der Waals surface area (Å²) in [4.78, 5) is 22.7. The fourth-order valence-corrected chi connectivity index (χ4v) is 1.44. The lowest BCUT2D eigenvalue weighted by atomic mass is 9.95. The first-order chi connectivity index (χ1) is 8.06. The topological polar surface area (TPSA) is 115 Å². The van der Waals surface area contributed by atoms with Crippen LogP contribution < -0.4 is 5.73 Å². The van der Waals surface area contributed by atoms with Crippen molar-refractivity contribution in [3.05, 3.63) is 12.7 Å². The maximum Gasteiger partial charge on any atom is 0.226 e. The standard InChI is InChI=1S/C10H15N5O2/c1-2-7(10(12)17)9(11)8(16)3-4-15-5-13-14-6-15/h5-7,11H,2-4H2,1H3,(H2,12,17). The van der Waals surface area contributed by atoms with Crippen LogP contribution in [0, 0.1) is 11.3 Å². The molecule has 1 aromatic rings. The Labute approximate surface area is 98.5 Å². The normalized spacial score (nSPS) is 12.1. The van der Waals surface area contributed by atoms with Crippen molar-refractivity contribution in [2.24, 2.45) is 11.7 Å². The summed E-state index contributed by atoms with van der Waals surface area (Å²) in [5.74, 6) is -1.79. The molecule has 1 aromatic heterocycles. The molecule has 1 heterocycles. The van der Waals surface area contributed by atoms with Crippen LogP contribution in [0.5, 0.6) is 0 Å². The fourth-order valence-electron chi connectivity index (χ4n) is 1.44. The molecule has 17 heavy (non-hydrogen) atoms. The highest BCUT2D eigenvalue weighted by Gasteiger charge is 2.23. The molecule has 0 fully saturated rings. The van der Waals surface area contributed by atoms with Crippen molar-refractivity contribution in [3.8, 4) is 0 Å². The smallest absolute Gasteiger partial charge is 0.226 e. The van der Waals surface area contributed by atoms with Crippen LogP contribution in [0.1, 0.15) is 19.8 Å². The van der Waals surface area contributed by atoms with E-state index in [1.54, 1.807) is 11.5 Å². The minimum Gasteiger partial charge on any atom is -0.369 e. The zero-order chi connectivity index (χ0) is 12.8. The van der Waals surface area contributed by atoms with Crippen LogP contribution in [-0.2, 0) is 16.1 Å². The number of carbonyl (C=O) groups is 2. The van der Waals surface area contributed by atoms with Crippen LogP contribution in [0.2, 0.25) is 0 Å². The molecule has 1 amide bonds. The van der Waals surface area contributed by atoms with Crippen LogP contribution in [0.4, 0.5) is 0 Å². The zero-order valence-electron chi connectivity index (χ0n) is 9.59. The molecule has 0 saturated heterocycles. The number of hydrogen-bond acceptors (Lipinski definition) is 5. The number of aryl methyl sites for hydroxylation is 1. The number of rotatable bonds is 7. The molecule has 92 valence electrons. The number of nitrogens with zero attached hydrogens (tertiary/aromatic N) is 3. The van der Waals surface area contributed by atoms with E-state index in [2.05, 4.69) is 10.2 Å². The average Bonchev–Trinajstić information content (AvgIpc) is 2.78. The molecule has 1 rings (SSSR count). The highest BCUT2D eigenvalue weighted by atomic mass is 16.1. The first-order valence-electron chi connectivity index (χ1n) is 5.29. The molecule has 3 N–H and O–H groups in total. The predicted octanol–water partition coefficient (Wildman–Crippen LogP) is -0.231. The summed E-state index contributed by atoms with van der Waals surface area (Å²) in [6.07, 6.45) is 3.48. The maximum absolute atomic E-state index is 11.7. The molecule has 1 unspecified atom stereocenters. The Morgan fingerprint density at radius 2 is 2.00 bits per heavy atom. The molecule has 0 bridgehead atoms. The van der Waals surface area contributed by atoms with Gasteiger partial charge in [-0.1, -0.05) is 6.92 Å². The average molecular weight is 237 g/mol. The Balaban J connectivity index is 2.52. The molecule has 0 saturated carbocycles. The first-order valence-corrected chi connectivity index (χ1v) is 5.29. The molecule has 0 aliphatic carbocycles. The lowest BCUT2D eigenvalue weighted by molar-refractivity contribution is -0.121. The first kappa shape index (κ1) is 13.0. The molecule has 1 atom stereocenters. The summed E-state index contributed by atoms with van der Waals surface area (Å²) < 4.78 is 1.64. The monoisotopic (exact) mass is 237 g/mol. The Morgan fingerprint density at radius 3 is 2.47 bits per heavy atom. The van der Waals surface area contributed by atoms with E-state index in [0.29, 0.717) is 13.0 Å². The Kier molecular flexibility index (Phi) is 4.50. The van der Waals surface area contributed by atoms with Gasteiger partial charge in [-0.2, -0.15) is 0 Å². The molecule has 0 aliphatic rings. The van der Waals surface area contributed by atoms with Crippen molar-refractivity contribution in [1.29, 1.82) is 5.41 Å². The van der Waals surface area contributed by atoms with Crippen molar-refractivity contribution >= 4 is 17.4 Å². The molecule has 7 nitrogen and oxygen atoms in total. The number of primary amides is 1. The van der Waals surface area contributed by atoms with Gasteiger partial charge in [0.25, 0.3) is 0 Å². The van der Waals surface area contributed by atoms with Crippen LogP contribution in [0.15, 0.2) is 12.7 Å². The van der Waals surface area contributed by atoms with Crippen molar-refractivity contribution in [3.63, 3.8) is 0 Å². The summed E-state index contributed by atoms with van der Waals surface area (Å²) in [7, 11) is 0. The van der Waals surface area contributed by atoms with E-state index in [1.165, 1.54) is 12.7 Å². The number of nitrogens with two attached hydrogens (primary N) is 1. The Morgan fingerprint density at radius 1 is 1.41 bits per heavy atom. The second kappa shape index (κ2) is 5.88. The number of carbonyl (C=O) groups excluding carboxylic acids is 2. The van der Waals surface area contributed by atoms with Gasteiger partial charge in [-0.3, -0.25) is 9.59 Å². The Bertz CT molecular complexity index is 412. The van der Waals surface area contributed by atoms with E-state index in [1.807, 2.05) is 0 Å². The number of hydrogen-bond donors (Lipinski definition) is 2. The zero-order valence-corrected chi connectivity index (χ0v) is 9.59. The van der Waals surface area contributed by atoms with Crippen LogP contribution >= 0.6 is 0 Å². The van der Waals surface area contributed by atoms with E-state index in [4.69, 9.17) is 11.1 Å². The molecule has 0 spiro atoms. The van der Waals surface area contributed by atoms with Gasteiger partial charge in [-0.25, -0.2) is 0 Å². The van der Waals surface area contributed by atoms with Gasteiger partial charge in [0, 0.05) is 13.0 Å². The number of Topliss-reactive ketones (excluding diaryl/α,β-unsaturated/α-hetero) is 1. The van der Waals surface area contributed by atoms with Crippen LogP contribution in [0.25, 0.3) is 0 Å². The fraction of sp³-hybridized carbons (Fsp3) is 0.500. The second-order valence-electron chi connectivity index (χ2n) is 3.65. The summed E-state index contributed by atoms with van der Waals surface area (Å²) in [5, 5.41) is 14.8. The van der Waals surface area contributed by atoms with Gasteiger partial charge in [-0.15, -0.1) is 10.2 Å². The minimum absolute atomic E-state index is 0.140.